The van der Waals surface area contributed by atoms with Crippen LogP contribution in [-0.2, 0) is 4.79 Å². The molecule has 0 unspecified atom stereocenters. The summed E-state index contributed by atoms with van der Waals surface area (Å²) in [4.78, 5) is 25.5. The number of ketones is 1. The van der Waals surface area contributed by atoms with Gasteiger partial charge in [-0.1, -0.05) is 15.9 Å². The van der Waals surface area contributed by atoms with Crippen LogP contribution in [0.15, 0.2) is 22.7 Å². The van der Waals surface area contributed by atoms with E-state index in [0.717, 1.165) is 17.3 Å². The summed E-state index contributed by atoms with van der Waals surface area (Å²) in [6.45, 7) is 0.467. The molecule has 0 N–H and O–H groups in total. The van der Waals surface area contributed by atoms with Crippen LogP contribution in [0, 0.1) is 16.7 Å². The number of carbonyl (C=O) groups is 2. The lowest BCUT2D eigenvalue weighted by molar-refractivity contribution is -0.114. The van der Waals surface area contributed by atoms with E-state index in [9.17, 15) is 9.59 Å². The van der Waals surface area contributed by atoms with Gasteiger partial charge >= 0.3 is 0 Å². The fraction of sp³-hybridized carbons (Fsp3) is 0.357. The number of nitrogens with zero attached hydrogens (tertiary/aromatic N) is 2. The molecule has 1 heterocycles. The molecule has 4 nitrogen and oxygen atoms in total. The van der Waals surface area contributed by atoms with E-state index >= 15 is 0 Å². The van der Waals surface area contributed by atoms with Crippen LogP contribution in [0.3, 0.4) is 0 Å². The summed E-state index contributed by atoms with van der Waals surface area (Å²) in [6, 6.07) is 7.40. The van der Waals surface area contributed by atoms with Crippen LogP contribution >= 0.6 is 15.9 Å². The van der Waals surface area contributed by atoms with E-state index in [1.165, 1.54) is 4.90 Å². The summed E-state index contributed by atoms with van der Waals surface area (Å²) in [5.74, 6) is -0.924. The molecule has 0 spiro atoms. The lowest BCUT2D eigenvalue weighted by Crippen LogP contribution is -2.35. The number of fused-ring (bicyclic) bond motifs is 1. The fourth-order valence-electron chi connectivity index (χ4n) is 2.49. The topological polar surface area (TPSA) is 61.2 Å². The highest BCUT2D eigenvalue weighted by atomic mass is 79.9. The van der Waals surface area contributed by atoms with Gasteiger partial charge in [-0.25, -0.2) is 0 Å². The van der Waals surface area contributed by atoms with Crippen LogP contribution in [0.5, 0.6) is 0 Å². The molecule has 1 saturated carbocycles. The van der Waals surface area contributed by atoms with Gasteiger partial charge in [0.25, 0.3) is 11.7 Å². The van der Waals surface area contributed by atoms with E-state index in [1.54, 1.807) is 18.2 Å². The molecule has 0 radical (unpaired) electrons. The molecule has 19 heavy (non-hydrogen) atoms. The summed E-state index contributed by atoms with van der Waals surface area (Å²) in [7, 11) is 0. The summed E-state index contributed by atoms with van der Waals surface area (Å²) < 4.78 is 0.837. The molecule has 1 fully saturated rings. The Hall–Kier alpha value is -1.67. The monoisotopic (exact) mass is 318 g/mol. The number of Topliss-reactive ketones (excluding diaryl/α,β-unsaturated/α-hetero) is 1. The Bertz CT molecular complexity index is 629. The Morgan fingerprint density at radius 2 is 2.11 bits per heavy atom. The van der Waals surface area contributed by atoms with Crippen LogP contribution in [0.4, 0.5) is 5.69 Å². The highest BCUT2D eigenvalue weighted by Crippen LogP contribution is 2.50. The van der Waals surface area contributed by atoms with E-state index in [-0.39, 0.29) is 5.41 Å². The Labute approximate surface area is 119 Å². The number of nitriles is 1. The maximum atomic E-state index is 12.1. The molecule has 0 saturated heterocycles. The molecule has 1 amide bonds. The van der Waals surface area contributed by atoms with Gasteiger partial charge in [-0.05, 0) is 31.0 Å². The van der Waals surface area contributed by atoms with E-state index in [0.29, 0.717) is 24.2 Å². The molecular formula is C14H11BrN2O2. The van der Waals surface area contributed by atoms with Crippen LogP contribution in [0.25, 0.3) is 0 Å². The number of anilines is 1. The Kier molecular flexibility index (Phi) is 2.72. The van der Waals surface area contributed by atoms with Crippen molar-refractivity contribution in [2.75, 3.05) is 11.4 Å². The molecule has 1 aliphatic carbocycles. The number of benzene rings is 1. The van der Waals surface area contributed by atoms with Gasteiger partial charge in [-0.3, -0.25) is 9.59 Å². The average molecular weight is 319 g/mol. The lowest BCUT2D eigenvalue weighted by atomic mass is 10.0. The average Bonchev–Trinajstić information content (AvgIpc) is 3.10. The Balaban J connectivity index is 1.95. The van der Waals surface area contributed by atoms with Gasteiger partial charge in [0.05, 0.1) is 17.3 Å². The van der Waals surface area contributed by atoms with Crippen LogP contribution in [0.1, 0.15) is 29.6 Å². The first-order valence-electron chi connectivity index (χ1n) is 6.09. The normalized spacial score (nSPS) is 19.3. The smallest absolute Gasteiger partial charge is 0.299 e. The van der Waals surface area contributed by atoms with Crippen LogP contribution < -0.4 is 4.90 Å². The predicted octanol–water partition coefficient (Wildman–Crippen LogP) is 2.67. The van der Waals surface area contributed by atoms with Crippen LogP contribution in [-0.4, -0.2) is 18.2 Å². The second-order valence-electron chi connectivity index (χ2n) is 5.22. The summed E-state index contributed by atoms with van der Waals surface area (Å²) >= 11 is 3.36. The number of halogens is 1. The minimum absolute atomic E-state index is 0.103. The van der Waals surface area contributed by atoms with Gasteiger partial charge in [0, 0.05) is 22.9 Å². The predicted molar refractivity (Wildman–Crippen MR) is 72.7 cm³/mol. The van der Waals surface area contributed by atoms with Crippen molar-refractivity contribution in [3.63, 3.8) is 0 Å². The van der Waals surface area contributed by atoms with E-state index in [1.807, 2.05) is 0 Å². The van der Waals surface area contributed by atoms with E-state index < -0.39 is 11.7 Å². The van der Waals surface area contributed by atoms with Gasteiger partial charge < -0.3 is 4.90 Å². The number of amides is 1. The van der Waals surface area contributed by atoms with Gasteiger partial charge in [0.15, 0.2) is 0 Å². The second kappa shape index (κ2) is 4.17. The van der Waals surface area contributed by atoms with Gasteiger partial charge in [-0.15, -0.1) is 0 Å². The van der Waals surface area contributed by atoms with Crippen molar-refractivity contribution in [1.82, 2.24) is 0 Å². The first-order chi connectivity index (χ1) is 9.06. The number of hydrogen-bond acceptors (Lipinski definition) is 3. The Morgan fingerprint density at radius 3 is 2.74 bits per heavy atom. The van der Waals surface area contributed by atoms with Gasteiger partial charge in [0.1, 0.15) is 0 Å². The quantitative estimate of drug-likeness (QED) is 0.805. The van der Waals surface area contributed by atoms with Crippen molar-refractivity contribution in [3.8, 4) is 6.07 Å². The third-order valence-corrected chi connectivity index (χ3v) is 4.33. The van der Waals surface area contributed by atoms with Crippen LogP contribution in [0.2, 0.25) is 0 Å². The first kappa shape index (κ1) is 12.4. The highest BCUT2D eigenvalue weighted by Gasteiger charge is 2.48. The molecule has 5 heteroatoms. The van der Waals surface area contributed by atoms with Crippen molar-refractivity contribution in [1.29, 1.82) is 5.26 Å². The van der Waals surface area contributed by atoms with Crippen molar-refractivity contribution in [2.24, 2.45) is 5.41 Å². The molecule has 96 valence electrons. The standard InChI is InChI=1S/C14H11BrN2O2/c15-9-1-2-10-11(7-9)17(13(19)12(10)18)8-14(3-4-14)5-6-16/h1-2,7H,3-5,8H2. The molecule has 0 aromatic heterocycles. The first-order valence-corrected chi connectivity index (χ1v) is 6.88. The van der Waals surface area contributed by atoms with Crippen molar-refractivity contribution < 1.29 is 9.59 Å². The minimum atomic E-state index is -0.475. The molecule has 0 bridgehead atoms. The third kappa shape index (κ3) is 1.96. The van der Waals surface area contributed by atoms with E-state index in [4.69, 9.17) is 5.26 Å². The molecule has 1 aromatic carbocycles. The SMILES string of the molecule is N#CCC1(CN2C(=O)C(=O)c3ccc(Br)cc32)CC1. The minimum Gasteiger partial charge on any atom is -0.304 e. The van der Waals surface area contributed by atoms with Crippen molar-refractivity contribution in [2.45, 2.75) is 19.3 Å². The molecule has 3 rings (SSSR count). The number of hydrogen-bond donors (Lipinski definition) is 0. The number of carbonyl (C=O) groups excluding carboxylic acids is 2. The van der Waals surface area contributed by atoms with Crippen molar-refractivity contribution >= 4 is 33.3 Å². The molecule has 0 atom stereocenters. The maximum absolute atomic E-state index is 12.1. The summed E-state index contributed by atoms with van der Waals surface area (Å²) in [6.07, 6.45) is 2.33. The summed E-state index contributed by atoms with van der Waals surface area (Å²) in [5.41, 5.74) is 1.02. The Morgan fingerprint density at radius 1 is 1.37 bits per heavy atom. The zero-order chi connectivity index (χ0) is 13.6. The summed E-state index contributed by atoms with van der Waals surface area (Å²) in [5, 5.41) is 8.85. The van der Waals surface area contributed by atoms with Gasteiger partial charge in [-0.2, -0.15) is 5.26 Å². The molecular weight excluding hydrogens is 308 g/mol. The second-order valence-corrected chi connectivity index (χ2v) is 6.13. The number of rotatable bonds is 3. The van der Waals surface area contributed by atoms with Crippen molar-refractivity contribution in [3.05, 3.63) is 28.2 Å². The lowest BCUT2D eigenvalue weighted by Gasteiger charge is -2.21. The maximum Gasteiger partial charge on any atom is 0.299 e. The van der Waals surface area contributed by atoms with E-state index in [2.05, 4.69) is 22.0 Å². The van der Waals surface area contributed by atoms with Gasteiger partial charge in [0.2, 0.25) is 0 Å². The third-order valence-electron chi connectivity index (χ3n) is 3.84. The molecule has 1 aromatic rings. The largest absolute Gasteiger partial charge is 0.304 e. The highest BCUT2D eigenvalue weighted by molar-refractivity contribution is 9.10. The molecule has 2 aliphatic rings. The zero-order valence-corrected chi connectivity index (χ0v) is 11.7. The zero-order valence-electron chi connectivity index (χ0n) is 10.1. The molecule has 1 aliphatic heterocycles. The fourth-order valence-corrected chi connectivity index (χ4v) is 2.84.